The fourth-order valence-corrected chi connectivity index (χ4v) is 0.739. The van der Waals surface area contributed by atoms with Gasteiger partial charge in [0, 0.05) is 7.11 Å². The maximum atomic E-state index is 5.37. The largest absolute Gasteiger partial charge is 0.382 e. The first-order valence-corrected chi connectivity index (χ1v) is 3.31. The van der Waals surface area contributed by atoms with E-state index in [0.717, 1.165) is 0 Å². The first-order valence-electron chi connectivity index (χ1n) is 3.31. The number of methoxy groups -OCH3 is 1. The molecular weight excluding hydrogens is 116 g/mol. The van der Waals surface area contributed by atoms with Crippen molar-refractivity contribution in [3.8, 4) is 0 Å². The molecule has 56 valence electrons. The van der Waals surface area contributed by atoms with Crippen LogP contribution in [0.5, 0.6) is 0 Å². The topological polar surface area (TPSA) is 18.5 Å². The molecular formula is C7H16O2. The number of ether oxygens (including phenoxy) is 2. The van der Waals surface area contributed by atoms with Gasteiger partial charge in [-0.3, -0.25) is 0 Å². The quantitative estimate of drug-likeness (QED) is 0.576. The summed E-state index contributed by atoms with van der Waals surface area (Å²) in [5, 5.41) is 0. The molecule has 0 spiro atoms. The Hall–Kier alpha value is -0.0800. The van der Waals surface area contributed by atoms with Crippen molar-refractivity contribution in [2.24, 2.45) is 0 Å². The molecule has 2 heteroatoms. The molecule has 0 aliphatic rings. The van der Waals surface area contributed by atoms with E-state index in [4.69, 9.17) is 9.47 Å². The van der Waals surface area contributed by atoms with Crippen molar-refractivity contribution in [1.29, 1.82) is 0 Å². The van der Waals surface area contributed by atoms with Gasteiger partial charge in [0.1, 0.15) is 0 Å². The van der Waals surface area contributed by atoms with Gasteiger partial charge < -0.3 is 9.47 Å². The second-order valence-corrected chi connectivity index (χ2v) is 2.45. The van der Waals surface area contributed by atoms with Gasteiger partial charge in [0.25, 0.3) is 0 Å². The van der Waals surface area contributed by atoms with E-state index < -0.39 is 0 Å². The first kappa shape index (κ1) is 8.92. The van der Waals surface area contributed by atoms with Crippen LogP contribution in [0.15, 0.2) is 0 Å². The maximum absolute atomic E-state index is 5.37. The second-order valence-electron chi connectivity index (χ2n) is 2.45. The van der Waals surface area contributed by atoms with Gasteiger partial charge in [-0.15, -0.1) is 0 Å². The third-order valence-electron chi connectivity index (χ3n) is 0.906. The Balaban J connectivity index is 3.15. The summed E-state index contributed by atoms with van der Waals surface area (Å²) in [6.07, 6.45) is 0.519. The van der Waals surface area contributed by atoms with Gasteiger partial charge in [0.15, 0.2) is 0 Å². The van der Waals surface area contributed by atoms with E-state index in [1.807, 2.05) is 20.8 Å². The lowest BCUT2D eigenvalue weighted by Gasteiger charge is -2.14. The fourth-order valence-electron chi connectivity index (χ4n) is 0.739. The number of rotatable bonds is 4. The minimum atomic E-state index is 0.218. The van der Waals surface area contributed by atoms with Crippen molar-refractivity contribution in [2.45, 2.75) is 33.0 Å². The Kier molecular flexibility index (Phi) is 4.72. The van der Waals surface area contributed by atoms with Crippen LogP contribution in [0.4, 0.5) is 0 Å². The Bertz CT molecular complexity index is 61.9. The van der Waals surface area contributed by atoms with Crippen LogP contribution in [0.1, 0.15) is 20.8 Å². The van der Waals surface area contributed by atoms with Crippen LogP contribution >= 0.6 is 0 Å². The predicted molar refractivity (Wildman–Crippen MR) is 37.6 cm³/mol. The molecule has 1 atom stereocenters. The van der Waals surface area contributed by atoms with Gasteiger partial charge >= 0.3 is 0 Å². The fraction of sp³-hybridized carbons (Fsp3) is 1.00. The molecule has 0 aromatic heterocycles. The number of hydrogen-bond donors (Lipinski definition) is 0. The Morgan fingerprint density at radius 3 is 2.11 bits per heavy atom. The van der Waals surface area contributed by atoms with Crippen LogP contribution in [0.3, 0.4) is 0 Å². The standard InChI is InChI=1S/C7H16O2/c1-6(2)9-7(3)5-8-4/h6-7H,5H2,1-4H3. The molecule has 0 bridgehead atoms. The van der Waals surface area contributed by atoms with Crippen LogP contribution in [0.2, 0.25) is 0 Å². The molecule has 0 saturated carbocycles. The van der Waals surface area contributed by atoms with E-state index in [9.17, 15) is 0 Å². The summed E-state index contributed by atoms with van der Waals surface area (Å²) < 4.78 is 10.2. The summed E-state index contributed by atoms with van der Waals surface area (Å²) in [4.78, 5) is 0. The average Bonchev–Trinajstić information content (AvgIpc) is 1.63. The zero-order valence-electron chi connectivity index (χ0n) is 6.68. The molecule has 9 heavy (non-hydrogen) atoms. The lowest BCUT2D eigenvalue weighted by atomic mass is 10.4. The smallest absolute Gasteiger partial charge is 0.0783 e. The summed E-state index contributed by atoms with van der Waals surface area (Å²) in [6, 6.07) is 0. The van der Waals surface area contributed by atoms with Gasteiger partial charge in [-0.1, -0.05) is 0 Å². The maximum Gasteiger partial charge on any atom is 0.0783 e. The van der Waals surface area contributed by atoms with Crippen molar-refractivity contribution >= 4 is 0 Å². The molecule has 0 amide bonds. The molecule has 0 rings (SSSR count). The van der Waals surface area contributed by atoms with Crippen molar-refractivity contribution in [2.75, 3.05) is 13.7 Å². The van der Waals surface area contributed by atoms with E-state index in [1.165, 1.54) is 0 Å². The lowest BCUT2D eigenvalue weighted by Crippen LogP contribution is -2.18. The highest BCUT2D eigenvalue weighted by atomic mass is 16.5. The average molecular weight is 132 g/mol. The molecule has 0 aromatic carbocycles. The van der Waals surface area contributed by atoms with Crippen LogP contribution in [-0.2, 0) is 9.47 Å². The Morgan fingerprint density at radius 2 is 1.78 bits per heavy atom. The van der Waals surface area contributed by atoms with E-state index in [-0.39, 0.29) is 6.10 Å². The molecule has 0 fully saturated rings. The highest BCUT2D eigenvalue weighted by Gasteiger charge is 2.01. The number of hydrogen-bond acceptors (Lipinski definition) is 2. The zero-order valence-corrected chi connectivity index (χ0v) is 6.68. The molecule has 2 nitrogen and oxygen atoms in total. The van der Waals surface area contributed by atoms with Crippen LogP contribution < -0.4 is 0 Å². The molecule has 0 aliphatic carbocycles. The van der Waals surface area contributed by atoms with Crippen molar-refractivity contribution in [3.63, 3.8) is 0 Å². The summed E-state index contributed by atoms with van der Waals surface area (Å²) >= 11 is 0. The summed E-state index contributed by atoms with van der Waals surface area (Å²) in [5.74, 6) is 0. The highest BCUT2D eigenvalue weighted by molar-refractivity contribution is 4.48. The van der Waals surface area contributed by atoms with Crippen LogP contribution in [0, 0.1) is 0 Å². The third kappa shape index (κ3) is 5.80. The van der Waals surface area contributed by atoms with Gasteiger partial charge in [-0.05, 0) is 20.8 Å². The molecule has 0 radical (unpaired) electrons. The zero-order chi connectivity index (χ0) is 7.28. The summed E-state index contributed by atoms with van der Waals surface area (Å²) in [7, 11) is 1.68. The van der Waals surface area contributed by atoms with E-state index in [1.54, 1.807) is 7.11 Å². The molecule has 0 saturated heterocycles. The minimum absolute atomic E-state index is 0.218. The molecule has 0 aromatic rings. The normalized spacial score (nSPS) is 14.3. The third-order valence-corrected chi connectivity index (χ3v) is 0.906. The van der Waals surface area contributed by atoms with Crippen molar-refractivity contribution in [3.05, 3.63) is 0 Å². The van der Waals surface area contributed by atoms with Crippen LogP contribution in [0.25, 0.3) is 0 Å². The highest BCUT2D eigenvalue weighted by Crippen LogP contribution is 1.95. The SMILES string of the molecule is COCC(C)OC(C)C. The van der Waals surface area contributed by atoms with E-state index in [2.05, 4.69) is 0 Å². The van der Waals surface area contributed by atoms with Gasteiger partial charge in [0.05, 0.1) is 18.8 Å². The van der Waals surface area contributed by atoms with Crippen molar-refractivity contribution < 1.29 is 9.47 Å². The molecule has 0 heterocycles. The van der Waals surface area contributed by atoms with Gasteiger partial charge in [0.2, 0.25) is 0 Å². The summed E-state index contributed by atoms with van der Waals surface area (Å²) in [5.41, 5.74) is 0. The molecule has 0 aliphatic heterocycles. The van der Waals surface area contributed by atoms with E-state index in [0.29, 0.717) is 12.7 Å². The minimum Gasteiger partial charge on any atom is -0.382 e. The predicted octanol–water partition coefficient (Wildman–Crippen LogP) is 1.45. The van der Waals surface area contributed by atoms with E-state index >= 15 is 0 Å². The Labute approximate surface area is 57.2 Å². The molecule has 0 N–H and O–H groups in total. The first-order chi connectivity index (χ1) is 4.16. The second kappa shape index (κ2) is 4.77. The Morgan fingerprint density at radius 1 is 1.22 bits per heavy atom. The monoisotopic (exact) mass is 132 g/mol. The summed E-state index contributed by atoms with van der Waals surface area (Å²) in [6.45, 7) is 6.72. The van der Waals surface area contributed by atoms with Crippen molar-refractivity contribution in [1.82, 2.24) is 0 Å². The van der Waals surface area contributed by atoms with Gasteiger partial charge in [-0.2, -0.15) is 0 Å². The molecule has 1 unspecified atom stereocenters. The van der Waals surface area contributed by atoms with Gasteiger partial charge in [-0.25, -0.2) is 0 Å². The van der Waals surface area contributed by atoms with Crippen LogP contribution in [-0.4, -0.2) is 25.9 Å². The lowest BCUT2D eigenvalue weighted by molar-refractivity contribution is -0.0233.